The quantitative estimate of drug-likeness (QED) is 0.862. The molecule has 1 aromatic rings. The summed E-state index contributed by atoms with van der Waals surface area (Å²) in [6.45, 7) is 6.78. The van der Waals surface area contributed by atoms with Gasteiger partial charge in [-0.15, -0.1) is 0 Å². The number of carboxylic acid groups (broad SMARTS) is 1. The van der Waals surface area contributed by atoms with Gasteiger partial charge < -0.3 is 5.11 Å². The molecule has 106 valence electrons. The van der Waals surface area contributed by atoms with Gasteiger partial charge in [0.2, 0.25) is 10.0 Å². The summed E-state index contributed by atoms with van der Waals surface area (Å²) in [5, 5.41) is 9.05. The summed E-state index contributed by atoms with van der Waals surface area (Å²) in [7, 11) is -3.83. The third-order valence-corrected chi connectivity index (χ3v) is 4.43. The summed E-state index contributed by atoms with van der Waals surface area (Å²) >= 11 is 0. The molecule has 0 spiro atoms. The summed E-state index contributed by atoms with van der Waals surface area (Å²) in [4.78, 5) is 11.2. The Hall–Kier alpha value is -1.40. The number of carboxylic acids is 1. The van der Waals surface area contributed by atoms with Crippen LogP contribution in [0.2, 0.25) is 0 Å². The Labute approximate surface area is 113 Å². The van der Waals surface area contributed by atoms with E-state index in [9.17, 15) is 13.2 Å². The van der Waals surface area contributed by atoms with Crippen LogP contribution in [0.25, 0.3) is 0 Å². The van der Waals surface area contributed by atoms with Crippen molar-refractivity contribution in [2.24, 2.45) is 5.92 Å². The van der Waals surface area contributed by atoms with E-state index in [0.717, 1.165) is 5.56 Å². The lowest BCUT2D eigenvalue weighted by Crippen LogP contribution is -2.44. The van der Waals surface area contributed by atoms with Gasteiger partial charge in [-0.3, -0.25) is 4.79 Å². The summed E-state index contributed by atoms with van der Waals surface area (Å²) in [6.07, 6.45) is 0. The molecule has 0 amide bonds. The highest BCUT2D eigenvalue weighted by molar-refractivity contribution is 7.89. The minimum atomic E-state index is -3.83. The van der Waals surface area contributed by atoms with Crippen molar-refractivity contribution in [2.45, 2.75) is 38.6 Å². The fourth-order valence-electron chi connectivity index (χ4n) is 1.70. The second-order valence-corrected chi connectivity index (χ2v) is 6.63. The van der Waals surface area contributed by atoms with Gasteiger partial charge in [-0.25, -0.2) is 8.42 Å². The first-order chi connectivity index (χ1) is 8.65. The van der Waals surface area contributed by atoms with Crippen LogP contribution in [0.1, 0.15) is 25.0 Å². The van der Waals surface area contributed by atoms with E-state index in [2.05, 4.69) is 4.72 Å². The zero-order chi connectivity index (χ0) is 14.8. The molecule has 0 saturated heterocycles. The molecule has 6 heteroatoms. The van der Waals surface area contributed by atoms with Gasteiger partial charge >= 0.3 is 5.97 Å². The molecule has 0 aliphatic rings. The van der Waals surface area contributed by atoms with Gasteiger partial charge in [-0.05, 0) is 37.0 Å². The first-order valence-corrected chi connectivity index (χ1v) is 7.46. The van der Waals surface area contributed by atoms with Crippen molar-refractivity contribution >= 4 is 16.0 Å². The van der Waals surface area contributed by atoms with Gasteiger partial charge in [0.25, 0.3) is 0 Å². The molecule has 19 heavy (non-hydrogen) atoms. The molecule has 1 rings (SSSR count). The van der Waals surface area contributed by atoms with Crippen molar-refractivity contribution < 1.29 is 18.3 Å². The summed E-state index contributed by atoms with van der Waals surface area (Å²) < 4.78 is 26.7. The third-order valence-electron chi connectivity index (χ3n) is 2.85. The van der Waals surface area contributed by atoms with E-state index in [4.69, 9.17) is 5.11 Å². The van der Waals surface area contributed by atoms with E-state index in [1.807, 2.05) is 6.07 Å². The molecule has 0 aliphatic carbocycles. The molecular formula is C13H19NO4S. The molecule has 0 saturated carbocycles. The van der Waals surface area contributed by atoms with E-state index >= 15 is 0 Å². The Balaban J connectivity index is 3.17. The van der Waals surface area contributed by atoms with E-state index < -0.39 is 22.0 Å². The Kier molecular flexibility index (Phi) is 4.70. The fourth-order valence-corrected chi connectivity index (χ4v) is 3.37. The van der Waals surface area contributed by atoms with Crippen molar-refractivity contribution in [2.75, 3.05) is 0 Å². The van der Waals surface area contributed by atoms with Crippen LogP contribution in [0, 0.1) is 19.8 Å². The van der Waals surface area contributed by atoms with Crippen LogP contribution in [0.3, 0.4) is 0 Å². The van der Waals surface area contributed by atoms with E-state index in [1.54, 1.807) is 33.8 Å². The normalized spacial score (nSPS) is 13.5. The summed E-state index contributed by atoms with van der Waals surface area (Å²) in [6, 6.07) is 3.92. The Bertz CT molecular complexity index is 578. The number of aryl methyl sites for hydroxylation is 2. The Morgan fingerprint density at radius 1 is 1.26 bits per heavy atom. The molecule has 0 heterocycles. The van der Waals surface area contributed by atoms with Crippen LogP contribution in [0.15, 0.2) is 23.1 Å². The first kappa shape index (κ1) is 15.7. The zero-order valence-corrected chi connectivity index (χ0v) is 12.3. The molecular weight excluding hydrogens is 266 g/mol. The predicted octanol–water partition coefficient (Wildman–Crippen LogP) is 1.69. The molecule has 2 N–H and O–H groups in total. The smallest absolute Gasteiger partial charge is 0.322 e. The average molecular weight is 285 g/mol. The van der Waals surface area contributed by atoms with Crippen molar-refractivity contribution in [1.82, 2.24) is 4.72 Å². The summed E-state index contributed by atoms with van der Waals surface area (Å²) in [5.74, 6) is -1.51. The maximum Gasteiger partial charge on any atom is 0.322 e. The van der Waals surface area contributed by atoms with E-state index in [0.29, 0.717) is 5.56 Å². The second-order valence-electron chi connectivity index (χ2n) is 4.95. The number of rotatable bonds is 5. The lowest BCUT2D eigenvalue weighted by molar-refractivity contribution is -0.140. The highest BCUT2D eigenvalue weighted by Crippen LogP contribution is 2.18. The van der Waals surface area contributed by atoms with Crippen LogP contribution >= 0.6 is 0 Å². The topological polar surface area (TPSA) is 83.5 Å². The number of benzene rings is 1. The number of hydrogen-bond donors (Lipinski definition) is 2. The first-order valence-electron chi connectivity index (χ1n) is 5.97. The predicted molar refractivity (Wildman–Crippen MR) is 72.5 cm³/mol. The molecule has 0 bridgehead atoms. The number of carbonyl (C=O) groups is 1. The van der Waals surface area contributed by atoms with Crippen LogP contribution in [-0.2, 0) is 14.8 Å². The maximum absolute atomic E-state index is 12.3. The van der Waals surface area contributed by atoms with Gasteiger partial charge in [-0.1, -0.05) is 26.0 Å². The van der Waals surface area contributed by atoms with Crippen LogP contribution in [0.5, 0.6) is 0 Å². The number of hydrogen-bond acceptors (Lipinski definition) is 3. The van der Waals surface area contributed by atoms with Gasteiger partial charge in [-0.2, -0.15) is 4.72 Å². The SMILES string of the molecule is Cc1ccc(C)c(S(=O)(=O)N[C@H](C(=O)O)C(C)C)c1. The van der Waals surface area contributed by atoms with Gasteiger partial charge in [0, 0.05) is 0 Å². The van der Waals surface area contributed by atoms with Gasteiger partial charge in [0.05, 0.1) is 4.90 Å². The molecule has 0 unspecified atom stereocenters. The highest BCUT2D eigenvalue weighted by atomic mass is 32.2. The number of sulfonamides is 1. The fraction of sp³-hybridized carbons (Fsp3) is 0.462. The molecule has 5 nitrogen and oxygen atoms in total. The number of nitrogens with one attached hydrogen (secondary N) is 1. The van der Waals surface area contributed by atoms with Crippen molar-refractivity contribution in [1.29, 1.82) is 0 Å². The van der Waals surface area contributed by atoms with E-state index in [-0.39, 0.29) is 10.8 Å². The van der Waals surface area contributed by atoms with Gasteiger partial charge in [0.1, 0.15) is 6.04 Å². The Morgan fingerprint density at radius 2 is 1.84 bits per heavy atom. The highest BCUT2D eigenvalue weighted by Gasteiger charge is 2.28. The Morgan fingerprint density at radius 3 is 2.32 bits per heavy atom. The van der Waals surface area contributed by atoms with E-state index in [1.165, 1.54) is 6.07 Å². The minimum absolute atomic E-state index is 0.124. The lowest BCUT2D eigenvalue weighted by atomic mass is 10.1. The molecule has 0 aliphatic heterocycles. The zero-order valence-electron chi connectivity index (χ0n) is 11.5. The third kappa shape index (κ3) is 3.78. The summed E-state index contributed by atoms with van der Waals surface area (Å²) in [5.41, 5.74) is 1.40. The second kappa shape index (κ2) is 5.71. The largest absolute Gasteiger partial charge is 0.480 e. The van der Waals surface area contributed by atoms with Crippen molar-refractivity contribution in [3.63, 3.8) is 0 Å². The lowest BCUT2D eigenvalue weighted by Gasteiger charge is -2.19. The molecule has 1 aromatic carbocycles. The molecule has 0 aromatic heterocycles. The maximum atomic E-state index is 12.3. The number of aliphatic carboxylic acids is 1. The monoisotopic (exact) mass is 285 g/mol. The molecule has 0 radical (unpaired) electrons. The van der Waals surface area contributed by atoms with Crippen LogP contribution in [0.4, 0.5) is 0 Å². The van der Waals surface area contributed by atoms with Crippen molar-refractivity contribution in [3.05, 3.63) is 29.3 Å². The van der Waals surface area contributed by atoms with Crippen molar-refractivity contribution in [3.8, 4) is 0 Å². The standard InChI is InChI=1S/C13H19NO4S/c1-8(2)12(13(15)16)14-19(17,18)11-7-9(3)5-6-10(11)4/h5-8,12,14H,1-4H3,(H,15,16)/t12-/m0/s1. The molecule has 0 fully saturated rings. The van der Waals surface area contributed by atoms with Crippen LogP contribution < -0.4 is 4.72 Å². The van der Waals surface area contributed by atoms with Crippen LogP contribution in [-0.4, -0.2) is 25.5 Å². The van der Waals surface area contributed by atoms with Gasteiger partial charge in [0.15, 0.2) is 0 Å². The minimum Gasteiger partial charge on any atom is -0.480 e. The molecule has 1 atom stereocenters. The average Bonchev–Trinajstić information content (AvgIpc) is 2.28.